The molecular formula is C12H12N2O2. The van der Waals surface area contributed by atoms with Crippen LogP contribution in [0.5, 0.6) is 0 Å². The molecule has 2 heterocycles. The third-order valence-electron chi connectivity index (χ3n) is 2.19. The molecule has 2 aromatic heterocycles. The van der Waals surface area contributed by atoms with Gasteiger partial charge in [-0.25, -0.2) is 0 Å². The van der Waals surface area contributed by atoms with E-state index >= 15 is 0 Å². The Labute approximate surface area is 93.3 Å². The molecule has 2 rings (SSSR count). The maximum Gasteiger partial charge on any atom is 0.286 e. The predicted molar refractivity (Wildman–Crippen MR) is 59.0 cm³/mol. The average Bonchev–Trinajstić information content (AvgIpc) is 2.84. The molecule has 1 N–H and O–H groups in total. The molecule has 0 aliphatic heterocycles. The molecule has 0 saturated carbocycles. The molecule has 0 radical (unpaired) electrons. The zero-order chi connectivity index (χ0) is 11.2. The Morgan fingerprint density at radius 1 is 1.31 bits per heavy atom. The third kappa shape index (κ3) is 2.70. The van der Waals surface area contributed by atoms with Crippen molar-refractivity contribution in [1.29, 1.82) is 0 Å². The molecule has 1 amide bonds. The van der Waals surface area contributed by atoms with Crippen molar-refractivity contribution in [2.45, 2.75) is 6.42 Å². The number of hydrogen-bond donors (Lipinski definition) is 1. The van der Waals surface area contributed by atoms with Crippen LogP contribution >= 0.6 is 0 Å². The van der Waals surface area contributed by atoms with Gasteiger partial charge in [0.2, 0.25) is 0 Å². The molecule has 16 heavy (non-hydrogen) atoms. The summed E-state index contributed by atoms with van der Waals surface area (Å²) in [6.45, 7) is 0.587. The van der Waals surface area contributed by atoms with Gasteiger partial charge >= 0.3 is 0 Å². The predicted octanol–water partition coefficient (Wildman–Crippen LogP) is 1.65. The van der Waals surface area contributed by atoms with Gasteiger partial charge in [0.1, 0.15) is 0 Å². The van der Waals surface area contributed by atoms with Crippen molar-refractivity contribution in [3.63, 3.8) is 0 Å². The van der Waals surface area contributed by atoms with E-state index in [1.54, 1.807) is 24.5 Å². The molecule has 0 atom stereocenters. The lowest BCUT2D eigenvalue weighted by Crippen LogP contribution is -2.25. The molecule has 0 spiro atoms. The summed E-state index contributed by atoms with van der Waals surface area (Å²) in [7, 11) is 0. The summed E-state index contributed by atoms with van der Waals surface area (Å²) in [6, 6.07) is 7.19. The van der Waals surface area contributed by atoms with Crippen molar-refractivity contribution in [3.05, 3.63) is 54.2 Å². The minimum Gasteiger partial charge on any atom is -0.459 e. The second-order valence-corrected chi connectivity index (χ2v) is 3.34. The van der Waals surface area contributed by atoms with E-state index in [1.165, 1.54) is 6.26 Å². The SMILES string of the molecule is O=C(NCCc1ccncc1)c1ccco1. The van der Waals surface area contributed by atoms with Crippen LogP contribution in [0, 0.1) is 0 Å². The highest BCUT2D eigenvalue weighted by Gasteiger charge is 2.06. The summed E-state index contributed by atoms with van der Waals surface area (Å²) >= 11 is 0. The summed E-state index contributed by atoms with van der Waals surface area (Å²) in [5.74, 6) is 0.161. The summed E-state index contributed by atoms with van der Waals surface area (Å²) in [5.41, 5.74) is 1.15. The van der Waals surface area contributed by atoms with Gasteiger partial charge in [0, 0.05) is 18.9 Å². The maximum atomic E-state index is 11.5. The molecular weight excluding hydrogens is 204 g/mol. The molecule has 0 saturated heterocycles. The first-order valence-electron chi connectivity index (χ1n) is 5.07. The highest BCUT2D eigenvalue weighted by molar-refractivity contribution is 5.91. The fraction of sp³-hybridized carbons (Fsp3) is 0.167. The number of hydrogen-bond acceptors (Lipinski definition) is 3. The fourth-order valence-corrected chi connectivity index (χ4v) is 1.36. The highest BCUT2D eigenvalue weighted by Crippen LogP contribution is 2.00. The van der Waals surface area contributed by atoms with Crippen molar-refractivity contribution >= 4 is 5.91 Å². The zero-order valence-electron chi connectivity index (χ0n) is 8.72. The minimum atomic E-state index is -0.181. The topological polar surface area (TPSA) is 55.1 Å². The second-order valence-electron chi connectivity index (χ2n) is 3.34. The van der Waals surface area contributed by atoms with E-state index in [-0.39, 0.29) is 5.91 Å². The van der Waals surface area contributed by atoms with Crippen LogP contribution in [0.25, 0.3) is 0 Å². The molecule has 0 unspecified atom stereocenters. The first-order chi connectivity index (χ1) is 7.86. The van der Waals surface area contributed by atoms with Crippen LogP contribution < -0.4 is 5.32 Å². The lowest BCUT2D eigenvalue weighted by atomic mass is 10.2. The van der Waals surface area contributed by atoms with Gasteiger partial charge in [0.25, 0.3) is 5.91 Å². The summed E-state index contributed by atoms with van der Waals surface area (Å²) in [5, 5.41) is 2.78. The van der Waals surface area contributed by atoms with E-state index < -0.39 is 0 Å². The van der Waals surface area contributed by atoms with Gasteiger partial charge < -0.3 is 9.73 Å². The number of nitrogens with one attached hydrogen (secondary N) is 1. The summed E-state index contributed by atoms with van der Waals surface area (Å²) < 4.78 is 4.98. The van der Waals surface area contributed by atoms with Crippen molar-refractivity contribution in [1.82, 2.24) is 10.3 Å². The number of furan rings is 1. The van der Waals surface area contributed by atoms with E-state index in [2.05, 4.69) is 10.3 Å². The second kappa shape index (κ2) is 5.11. The van der Waals surface area contributed by atoms with Crippen molar-refractivity contribution in [2.24, 2.45) is 0 Å². The smallest absolute Gasteiger partial charge is 0.286 e. The molecule has 2 aromatic rings. The van der Waals surface area contributed by atoms with E-state index in [0.29, 0.717) is 12.3 Å². The Morgan fingerprint density at radius 2 is 2.12 bits per heavy atom. The largest absolute Gasteiger partial charge is 0.459 e. The van der Waals surface area contributed by atoms with Crippen LogP contribution in [-0.4, -0.2) is 17.4 Å². The third-order valence-corrected chi connectivity index (χ3v) is 2.19. The van der Waals surface area contributed by atoms with E-state index in [0.717, 1.165) is 12.0 Å². The van der Waals surface area contributed by atoms with Crippen molar-refractivity contribution in [2.75, 3.05) is 6.54 Å². The lowest BCUT2D eigenvalue weighted by molar-refractivity contribution is 0.0926. The van der Waals surface area contributed by atoms with Gasteiger partial charge in [-0.2, -0.15) is 0 Å². The Hall–Kier alpha value is -2.10. The molecule has 0 fully saturated rings. The van der Waals surface area contributed by atoms with Crippen LogP contribution in [0.4, 0.5) is 0 Å². The van der Waals surface area contributed by atoms with Crippen LogP contribution in [-0.2, 0) is 6.42 Å². The Morgan fingerprint density at radius 3 is 2.81 bits per heavy atom. The molecule has 0 aromatic carbocycles. The Bertz CT molecular complexity index is 437. The van der Waals surface area contributed by atoms with Crippen molar-refractivity contribution < 1.29 is 9.21 Å². The molecule has 4 nitrogen and oxygen atoms in total. The van der Waals surface area contributed by atoms with Gasteiger partial charge in [0.15, 0.2) is 5.76 Å². The quantitative estimate of drug-likeness (QED) is 0.845. The van der Waals surface area contributed by atoms with E-state index in [4.69, 9.17) is 4.42 Å². The van der Waals surface area contributed by atoms with Crippen molar-refractivity contribution in [3.8, 4) is 0 Å². The minimum absolute atomic E-state index is 0.181. The normalized spacial score (nSPS) is 10.0. The lowest BCUT2D eigenvalue weighted by Gasteiger charge is -2.02. The Kier molecular flexibility index (Phi) is 3.33. The van der Waals surface area contributed by atoms with Crippen LogP contribution in [0.15, 0.2) is 47.3 Å². The monoisotopic (exact) mass is 216 g/mol. The van der Waals surface area contributed by atoms with Gasteiger partial charge in [-0.3, -0.25) is 9.78 Å². The van der Waals surface area contributed by atoms with E-state index in [9.17, 15) is 4.79 Å². The molecule has 0 aliphatic rings. The number of carbonyl (C=O) groups is 1. The maximum absolute atomic E-state index is 11.5. The number of aromatic nitrogens is 1. The fourth-order valence-electron chi connectivity index (χ4n) is 1.36. The molecule has 0 aliphatic carbocycles. The Balaban J connectivity index is 1.79. The zero-order valence-corrected chi connectivity index (χ0v) is 8.72. The number of carbonyl (C=O) groups excluding carboxylic acids is 1. The van der Waals surface area contributed by atoms with Gasteiger partial charge in [0.05, 0.1) is 6.26 Å². The summed E-state index contributed by atoms with van der Waals surface area (Å²) in [6.07, 6.45) is 5.75. The van der Waals surface area contributed by atoms with Crippen LogP contribution in [0.2, 0.25) is 0 Å². The van der Waals surface area contributed by atoms with Crippen LogP contribution in [0.1, 0.15) is 16.1 Å². The number of pyridine rings is 1. The first-order valence-corrected chi connectivity index (χ1v) is 5.07. The number of rotatable bonds is 4. The van der Waals surface area contributed by atoms with Gasteiger partial charge in [-0.1, -0.05) is 0 Å². The first kappa shape index (κ1) is 10.4. The number of amides is 1. The molecule has 82 valence electrons. The average molecular weight is 216 g/mol. The molecule has 4 heteroatoms. The standard InChI is InChI=1S/C12H12N2O2/c15-12(11-2-1-9-16-11)14-8-5-10-3-6-13-7-4-10/h1-4,6-7,9H,5,8H2,(H,14,15). The van der Waals surface area contributed by atoms with Gasteiger partial charge in [-0.05, 0) is 36.2 Å². The molecule has 0 bridgehead atoms. The highest BCUT2D eigenvalue weighted by atomic mass is 16.3. The number of nitrogens with zero attached hydrogens (tertiary/aromatic N) is 1. The van der Waals surface area contributed by atoms with Gasteiger partial charge in [-0.15, -0.1) is 0 Å². The van der Waals surface area contributed by atoms with Crippen LogP contribution in [0.3, 0.4) is 0 Å². The summed E-state index contributed by atoms with van der Waals surface area (Å²) in [4.78, 5) is 15.4. The van der Waals surface area contributed by atoms with E-state index in [1.807, 2.05) is 12.1 Å².